The lowest BCUT2D eigenvalue weighted by Gasteiger charge is -2.19. The van der Waals surface area contributed by atoms with E-state index in [1.54, 1.807) is 13.8 Å². The molecule has 0 bridgehead atoms. The number of carbonyl (C=O) groups excluding carboxylic acids is 2. The van der Waals surface area contributed by atoms with Crippen LogP contribution in [-0.2, 0) is 23.9 Å². The second kappa shape index (κ2) is 9.52. The standard InChI is InChI=1S/C18H26BN3O5/c1-11(18(24)25-4)12(2)21-17(23)10-15-9-16(22-26-15)13-5-7-14(8-6-13)19(3)27-20/h5-8,11-12,15H,9-10,20H2,1-4H3,(H,21,23). The highest BCUT2D eigenvalue weighted by atomic mass is 16.6. The largest absolute Gasteiger partial charge is 0.469 e. The Labute approximate surface area is 159 Å². The Morgan fingerprint density at radius 2 is 2.04 bits per heavy atom. The van der Waals surface area contributed by atoms with E-state index in [2.05, 4.69) is 10.5 Å². The number of esters is 1. The van der Waals surface area contributed by atoms with Crippen molar-refractivity contribution < 1.29 is 23.9 Å². The molecule has 3 atom stereocenters. The third-order valence-electron chi connectivity index (χ3n) is 4.78. The zero-order valence-electron chi connectivity index (χ0n) is 16.1. The molecule has 1 aliphatic heterocycles. The molecule has 0 spiro atoms. The smallest absolute Gasteiger partial charge is 0.350 e. The molecule has 3 unspecified atom stereocenters. The summed E-state index contributed by atoms with van der Waals surface area (Å²) in [6, 6.07) is 7.37. The summed E-state index contributed by atoms with van der Waals surface area (Å²) >= 11 is 0. The highest BCUT2D eigenvalue weighted by molar-refractivity contribution is 6.65. The second-order valence-electron chi connectivity index (χ2n) is 6.74. The van der Waals surface area contributed by atoms with E-state index in [1.807, 2.05) is 31.1 Å². The first kappa shape index (κ1) is 20.9. The summed E-state index contributed by atoms with van der Waals surface area (Å²) < 4.78 is 9.50. The molecule has 0 saturated heterocycles. The minimum atomic E-state index is -0.423. The van der Waals surface area contributed by atoms with Crippen molar-refractivity contribution in [1.29, 1.82) is 0 Å². The van der Waals surface area contributed by atoms with Crippen LogP contribution in [-0.4, -0.2) is 43.8 Å². The van der Waals surface area contributed by atoms with E-state index in [-0.39, 0.29) is 37.4 Å². The molecule has 146 valence electrons. The number of oxime groups is 1. The molecular weight excluding hydrogens is 349 g/mol. The quantitative estimate of drug-likeness (QED) is 0.391. The number of nitrogens with one attached hydrogen (secondary N) is 1. The number of hydrogen-bond donors (Lipinski definition) is 2. The third-order valence-corrected chi connectivity index (χ3v) is 4.78. The maximum atomic E-state index is 12.2. The molecule has 0 saturated carbocycles. The van der Waals surface area contributed by atoms with Crippen molar-refractivity contribution in [1.82, 2.24) is 5.32 Å². The topological polar surface area (TPSA) is 112 Å². The molecule has 0 aromatic heterocycles. The summed E-state index contributed by atoms with van der Waals surface area (Å²) in [4.78, 5) is 29.1. The van der Waals surface area contributed by atoms with Crippen LogP contribution in [0.2, 0.25) is 6.82 Å². The number of rotatable bonds is 8. The average molecular weight is 375 g/mol. The first-order valence-electron chi connectivity index (χ1n) is 8.91. The van der Waals surface area contributed by atoms with Crippen LogP contribution in [0.15, 0.2) is 29.4 Å². The van der Waals surface area contributed by atoms with Gasteiger partial charge in [-0.1, -0.05) is 36.2 Å². The molecule has 0 radical (unpaired) electrons. The van der Waals surface area contributed by atoms with Crippen LogP contribution < -0.4 is 16.7 Å². The van der Waals surface area contributed by atoms with Gasteiger partial charge in [-0.05, 0) is 24.9 Å². The lowest BCUT2D eigenvalue weighted by Crippen LogP contribution is -2.41. The molecule has 8 nitrogen and oxygen atoms in total. The third kappa shape index (κ3) is 5.54. The summed E-state index contributed by atoms with van der Waals surface area (Å²) in [5.41, 5.74) is 2.68. The normalized spacial score (nSPS) is 18.1. The van der Waals surface area contributed by atoms with Gasteiger partial charge in [0.2, 0.25) is 5.91 Å². The van der Waals surface area contributed by atoms with Crippen molar-refractivity contribution in [3.8, 4) is 0 Å². The Hall–Kier alpha value is -2.39. The second-order valence-corrected chi connectivity index (χ2v) is 6.74. The van der Waals surface area contributed by atoms with Crippen molar-refractivity contribution >= 4 is 30.0 Å². The maximum absolute atomic E-state index is 12.2. The number of nitrogens with zero attached hydrogens (tertiary/aromatic N) is 1. The van der Waals surface area contributed by atoms with Gasteiger partial charge in [0.1, 0.15) is 6.10 Å². The Bertz CT molecular complexity index is 695. The van der Waals surface area contributed by atoms with E-state index >= 15 is 0 Å². The van der Waals surface area contributed by atoms with Gasteiger partial charge in [0.05, 0.1) is 25.2 Å². The molecule has 2 rings (SSSR count). The minimum Gasteiger partial charge on any atom is -0.469 e. The summed E-state index contributed by atoms with van der Waals surface area (Å²) in [6.07, 6.45) is 0.379. The van der Waals surface area contributed by atoms with Crippen molar-refractivity contribution in [2.45, 2.75) is 45.7 Å². The van der Waals surface area contributed by atoms with Crippen LogP contribution in [0, 0.1) is 5.92 Å². The fourth-order valence-corrected chi connectivity index (χ4v) is 2.77. The monoisotopic (exact) mass is 375 g/mol. The van der Waals surface area contributed by atoms with Gasteiger partial charge in [-0.3, -0.25) is 9.59 Å². The van der Waals surface area contributed by atoms with E-state index in [0.717, 1.165) is 16.7 Å². The van der Waals surface area contributed by atoms with Gasteiger partial charge in [0.15, 0.2) is 0 Å². The predicted octanol–water partition coefficient (Wildman–Crippen LogP) is 0.602. The van der Waals surface area contributed by atoms with Crippen molar-refractivity contribution in [3.63, 3.8) is 0 Å². The van der Waals surface area contributed by atoms with E-state index in [4.69, 9.17) is 20.2 Å². The Morgan fingerprint density at radius 1 is 1.37 bits per heavy atom. The van der Waals surface area contributed by atoms with E-state index in [0.29, 0.717) is 6.42 Å². The maximum Gasteiger partial charge on any atom is 0.350 e. The zero-order chi connectivity index (χ0) is 20.0. The lowest BCUT2D eigenvalue weighted by molar-refractivity contribution is -0.145. The van der Waals surface area contributed by atoms with Gasteiger partial charge in [0.25, 0.3) is 0 Å². The van der Waals surface area contributed by atoms with Crippen LogP contribution in [0.3, 0.4) is 0 Å². The van der Waals surface area contributed by atoms with Crippen LogP contribution in [0.4, 0.5) is 0 Å². The van der Waals surface area contributed by atoms with Crippen molar-refractivity contribution in [3.05, 3.63) is 29.8 Å². The molecule has 1 aromatic carbocycles. The number of benzene rings is 1. The van der Waals surface area contributed by atoms with E-state index in [9.17, 15) is 9.59 Å². The highest BCUT2D eigenvalue weighted by Crippen LogP contribution is 2.19. The summed E-state index contributed by atoms with van der Waals surface area (Å²) in [7, 11) is 1.33. The van der Waals surface area contributed by atoms with Gasteiger partial charge < -0.3 is 19.6 Å². The van der Waals surface area contributed by atoms with Gasteiger partial charge >= 0.3 is 12.9 Å². The van der Waals surface area contributed by atoms with Crippen molar-refractivity contribution in [2.75, 3.05) is 7.11 Å². The van der Waals surface area contributed by atoms with Gasteiger partial charge in [-0.2, -0.15) is 0 Å². The SMILES string of the molecule is COC(=O)C(C)C(C)NC(=O)CC1CC(c2ccc(B(C)ON)cc2)=NO1. The first-order chi connectivity index (χ1) is 12.8. The molecule has 3 N–H and O–H groups in total. The Kier molecular flexibility index (Phi) is 7.38. The Balaban J connectivity index is 1.85. The van der Waals surface area contributed by atoms with Crippen LogP contribution in [0.5, 0.6) is 0 Å². The van der Waals surface area contributed by atoms with Crippen LogP contribution >= 0.6 is 0 Å². The molecule has 1 aliphatic rings. The average Bonchev–Trinajstić information content (AvgIpc) is 3.14. The minimum absolute atomic E-state index is 0.168. The fraction of sp³-hybridized carbons (Fsp3) is 0.500. The molecule has 1 aromatic rings. The number of ether oxygens (including phenoxy) is 1. The summed E-state index contributed by atoms with van der Waals surface area (Å²) in [5.74, 6) is 4.23. The zero-order valence-corrected chi connectivity index (χ0v) is 16.1. The highest BCUT2D eigenvalue weighted by Gasteiger charge is 2.27. The number of hydrogen-bond acceptors (Lipinski definition) is 7. The van der Waals surface area contributed by atoms with Crippen molar-refractivity contribution in [2.24, 2.45) is 17.0 Å². The number of carbonyl (C=O) groups is 2. The summed E-state index contributed by atoms with van der Waals surface area (Å²) in [6.45, 7) is 5.16. The first-order valence-corrected chi connectivity index (χ1v) is 8.91. The number of nitrogens with two attached hydrogens (primary N) is 1. The van der Waals surface area contributed by atoms with E-state index < -0.39 is 5.92 Å². The molecule has 0 fully saturated rings. The lowest BCUT2D eigenvalue weighted by atomic mass is 9.64. The molecule has 0 aliphatic carbocycles. The van der Waals surface area contributed by atoms with Crippen LogP contribution in [0.25, 0.3) is 0 Å². The fourth-order valence-electron chi connectivity index (χ4n) is 2.77. The number of methoxy groups -OCH3 is 1. The molecule has 27 heavy (non-hydrogen) atoms. The number of amides is 1. The van der Waals surface area contributed by atoms with E-state index in [1.165, 1.54) is 7.11 Å². The molecular formula is C18H26BN3O5. The van der Waals surface area contributed by atoms with Crippen LogP contribution in [0.1, 0.15) is 32.3 Å². The van der Waals surface area contributed by atoms with Gasteiger partial charge in [0, 0.05) is 12.5 Å². The van der Waals surface area contributed by atoms with Gasteiger partial charge in [-0.25, -0.2) is 5.90 Å². The molecule has 9 heteroatoms. The molecule has 1 heterocycles. The molecule has 1 amide bonds. The Morgan fingerprint density at radius 3 is 2.63 bits per heavy atom. The summed E-state index contributed by atoms with van der Waals surface area (Å²) in [5, 5.41) is 6.90. The predicted molar refractivity (Wildman–Crippen MR) is 102 cm³/mol. The van der Waals surface area contributed by atoms with Gasteiger partial charge in [-0.15, -0.1) is 0 Å².